The van der Waals surface area contributed by atoms with Gasteiger partial charge in [-0.2, -0.15) is 0 Å². The predicted octanol–water partition coefficient (Wildman–Crippen LogP) is 2.54. The molecule has 0 spiro atoms. The van der Waals surface area contributed by atoms with Crippen LogP contribution in [0.15, 0.2) is 47.9 Å². The lowest BCUT2D eigenvalue weighted by Crippen LogP contribution is -2.28. The Kier molecular flexibility index (Phi) is 7.11. The van der Waals surface area contributed by atoms with E-state index in [9.17, 15) is 14.4 Å². The summed E-state index contributed by atoms with van der Waals surface area (Å²) in [6.07, 6.45) is 3.11. The van der Waals surface area contributed by atoms with Crippen LogP contribution in [0.5, 0.6) is 0 Å². The molecule has 2 aromatic rings. The second kappa shape index (κ2) is 9.53. The summed E-state index contributed by atoms with van der Waals surface area (Å²) in [4.78, 5) is 36.2. The van der Waals surface area contributed by atoms with E-state index in [-0.39, 0.29) is 18.2 Å². The number of rotatable bonds is 7. The summed E-state index contributed by atoms with van der Waals surface area (Å²) in [5.74, 6) is -0.875. The summed E-state index contributed by atoms with van der Waals surface area (Å²) in [5, 5.41) is 7.25. The standard InChI is InChI=1S/C19H20N2O4S/c1-20-19(24)14-8-5-13(6-9-14)7-10-17(22)21-15(12-18(23)25-2)16-4-3-11-26-16/h3-11,15H,12H2,1-2H3,(H,20,24)(H,21,22)/b10-7+. The summed E-state index contributed by atoms with van der Waals surface area (Å²) < 4.78 is 4.69. The Morgan fingerprint density at radius 3 is 2.50 bits per heavy atom. The van der Waals surface area contributed by atoms with Crippen LogP contribution in [0.3, 0.4) is 0 Å². The molecule has 7 heteroatoms. The van der Waals surface area contributed by atoms with Crippen molar-refractivity contribution in [1.29, 1.82) is 0 Å². The second-order valence-electron chi connectivity index (χ2n) is 5.39. The first-order chi connectivity index (χ1) is 12.5. The van der Waals surface area contributed by atoms with E-state index < -0.39 is 12.0 Å². The molecule has 0 aliphatic carbocycles. The maximum Gasteiger partial charge on any atom is 0.307 e. The topological polar surface area (TPSA) is 84.5 Å². The number of methoxy groups -OCH3 is 1. The van der Waals surface area contributed by atoms with E-state index in [0.717, 1.165) is 10.4 Å². The molecule has 0 saturated carbocycles. The van der Waals surface area contributed by atoms with Gasteiger partial charge in [-0.3, -0.25) is 14.4 Å². The lowest BCUT2D eigenvalue weighted by Gasteiger charge is -2.15. The zero-order valence-corrected chi connectivity index (χ0v) is 15.3. The first kappa shape index (κ1) is 19.4. The van der Waals surface area contributed by atoms with Crippen molar-refractivity contribution in [3.63, 3.8) is 0 Å². The molecule has 2 rings (SSSR count). The fourth-order valence-electron chi connectivity index (χ4n) is 2.24. The van der Waals surface area contributed by atoms with Crippen LogP contribution in [0, 0.1) is 0 Å². The molecular weight excluding hydrogens is 352 g/mol. The van der Waals surface area contributed by atoms with E-state index in [4.69, 9.17) is 4.74 Å². The van der Waals surface area contributed by atoms with Crippen molar-refractivity contribution in [2.24, 2.45) is 0 Å². The number of ether oxygens (including phenoxy) is 1. The van der Waals surface area contributed by atoms with Gasteiger partial charge in [0.25, 0.3) is 5.91 Å². The quantitative estimate of drug-likeness (QED) is 0.578. The van der Waals surface area contributed by atoms with Crippen molar-refractivity contribution in [3.05, 3.63) is 63.9 Å². The van der Waals surface area contributed by atoms with E-state index in [2.05, 4.69) is 10.6 Å². The molecule has 2 amide bonds. The van der Waals surface area contributed by atoms with Crippen molar-refractivity contribution in [2.45, 2.75) is 12.5 Å². The fourth-order valence-corrected chi connectivity index (χ4v) is 3.02. The van der Waals surface area contributed by atoms with Crippen molar-refractivity contribution in [1.82, 2.24) is 10.6 Å². The summed E-state index contributed by atoms with van der Waals surface area (Å²) in [6, 6.07) is 10.2. The number of nitrogens with one attached hydrogen (secondary N) is 2. The van der Waals surface area contributed by atoms with Crippen molar-refractivity contribution in [3.8, 4) is 0 Å². The van der Waals surface area contributed by atoms with Crippen molar-refractivity contribution < 1.29 is 19.1 Å². The smallest absolute Gasteiger partial charge is 0.307 e. The molecule has 0 aliphatic heterocycles. The van der Waals surface area contributed by atoms with Gasteiger partial charge in [0.2, 0.25) is 5.91 Å². The molecule has 136 valence electrons. The number of hydrogen-bond donors (Lipinski definition) is 2. The van der Waals surface area contributed by atoms with Gasteiger partial charge in [-0.1, -0.05) is 18.2 Å². The van der Waals surface area contributed by atoms with Crippen LogP contribution >= 0.6 is 11.3 Å². The Morgan fingerprint density at radius 1 is 1.19 bits per heavy atom. The summed E-state index contributed by atoms with van der Waals surface area (Å²) in [5.41, 5.74) is 1.33. The van der Waals surface area contributed by atoms with Crippen LogP contribution in [0.25, 0.3) is 6.08 Å². The summed E-state index contributed by atoms with van der Waals surface area (Å²) >= 11 is 1.46. The Bertz CT molecular complexity index is 782. The van der Waals surface area contributed by atoms with E-state index in [1.54, 1.807) is 37.4 Å². The highest BCUT2D eigenvalue weighted by molar-refractivity contribution is 7.10. The maximum atomic E-state index is 12.2. The van der Waals surface area contributed by atoms with Gasteiger partial charge >= 0.3 is 5.97 Å². The first-order valence-corrected chi connectivity index (χ1v) is 8.82. The number of benzene rings is 1. The zero-order valence-electron chi connectivity index (χ0n) is 14.5. The van der Waals surface area contributed by atoms with Gasteiger partial charge in [-0.15, -0.1) is 11.3 Å². The Balaban J connectivity index is 2.01. The van der Waals surface area contributed by atoms with E-state index in [1.807, 2.05) is 17.5 Å². The van der Waals surface area contributed by atoms with Crippen LogP contribution in [-0.2, 0) is 14.3 Å². The monoisotopic (exact) mass is 372 g/mol. The molecule has 1 heterocycles. The van der Waals surface area contributed by atoms with Crippen LogP contribution in [0.1, 0.15) is 33.3 Å². The first-order valence-electron chi connectivity index (χ1n) is 7.94. The fraction of sp³-hybridized carbons (Fsp3) is 0.211. The minimum atomic E-state index is -0.435. The molecule has 1 aromatic carbocycles. The van der Waals surface area contributed by atoms with E-state index >= 15 is 0 Å². The highest BCUT2D eigenvalue weighted by Gasteiger charge is 2.18. The Hall–Kier alpha value is -2.93. The van der Waals surface area contributed by atoms with Crippen LogP contribution in [-0.4, -0.2) is 31.9 Å². The SMILES string of the molecule is CNC(=O)c1ccc(/C=C/C(=O)NC(CC(=O)OC)c2cccs2)cc1. The van der Waals surface area contributed by atoms with Crippen LogP contribution < -0.4 is 10.6 Å². The van der Waals surface area contributed by atoms with Crippen LogP contribution in [0.2, 0.25) is 0 Å². The minimum Gasteiger partial charge on any atom is -0.469 e. The van der Waals surface area contributed by atoms with Crippen LogP contribution in [0.4, 0.5) is 0 Å². The number of esters is 1. The highest BCUT2D eigenvalue weighted by Crippen LogP contribution is 2.22. The molecule has 26 heavy (non-hydrogen) atoms. The molecule has 0 radical (unpaired) electrons. The summed E-state index contributed by atoms with van der Waals surface area (Å²) in [6.45, 7) is 0. The summed E-state index contributed by atoms with van der Waals surface area (Å²) in [7, 11) is 2.89. The predicted molar refractivity (Wildman–Crippen MR) is 101 cm³/mol. The van der Waals surface area contributed by atoms with Gasteiger partial charge < -0.3 is 15.4 Å². The molecule has 0 bridgehead atoms. The van der Waals surface area contributed by atoms with Gasteiger partial charge in [0.1, 0.15) is 0 Å². The third-order valence-electron chi connectivity index (χ3n) is 3.63. The number of hydrogen-bond acceptors (Lipinski definition) is 5. The van der Waals surface area contributed by atoms with Gasteiger partial charge in [0.05, 0.1) is 19.6 Å². The average Bonchev–Trinajstić information content (AvgIpc) is 3.20. The zero-order chi connectivity index (χ0) is 18.9. The van der Waals surface area contributed by atoms with Crippen molar-refractivity contribution in [2.75, 3.05) is 14.2 Å². The molecule has 1 unspecified atom stereocenters. The van der Waals surface area contributed by atoms with Gasteiger partial charge in [-0.05, 0) is 35.2 Å². The van der Waals surface area contributed by atoms with Gasteiger partial charge in [0.15, 0.2) is 0 Å². The molecular formula is C19H20N2O4S. The lowest BCUT2D eigenvalue weighted by atomic mass is 10.1. The molecule has 0 aliphatic rings. The Morgan fingerprint density at radius 2 is 1.92 bits per heavy atom. The van der Waals surface area contributed by atoms with Gasteiger partial charge in [-0.25, -0.2) is 0 Å². The third kappa shape index (κ3) is 5.56. The lowest BCUT2D eigenvalue weighted by molar-refractivity contribution is -0.141. The largest absolute Gasteiger partial charge is 0.469 e. The molecule has 6 nitrogen and oxygen atoms in total. The average molecular weight is 372 g/mol. The van der Waals surface area contributed by atoms with Crippen molar-refractivity contribution >= 4 is 35.2 Å². The minimum absolute atomic E-state index is 0.0669. The van der Waals surface area contributed by atoms with Gasteiger partial charge in [0, 0.05) is 23.6 Å². The van der Waals surface area contributed by atoms with E-state index in [1.165, 1.54) is 24.5 Å². The maximum absolute atomic E-state index is 12.2. The number of amides is 2. The molecule has 1 aromatic heterocycles. The normalized spacial score (nSPS) is 11.8. The number of carbonyl (C=O) groups is 3. The number of thiophene rings is 1. The molecule has 1 atom stereocenters. The number of carbonyl (C=O) groups excluding carboxylic acids is 3. The Labute approximate surface area is 155 Å². The van der Waals surface area contributed by atoms with E-state index in [0.29, 0.717) is 5.56 Å². The molecule has 0 saturated heterocycles. The molecule has 0 fully saturated rings. The highest BCUT2D eigenvalue weighted by atomic mass is 32.1. The third-order valence-corrected chi connectivity index (χ3v) is 4.61. The molecule has 2 N–H and O–H groups in total. The second-order valence-corrected chi connectivity index (χ2v) is 6.37.